The molecule has 0 radical (unpaired) electrons. The van der Waals surface area contributed by atoms with Crippen molar-refractivity contribution >= 4 is 17.7 Å². The second-order valence-corrected chi connectivity index (χ2v) is 10.1. The van der Waals surface area contributed by atoms with Crippen molar-refractivity contribution in [2.75, 3.05) is 38.2 Å². The van der Waals surface area contributed by atoms with Crippen LogP contribution in [-0.4, -0.2) is 72.2 Å². The third-order valence-electron chi connectivity index (χ3n) is 7.67. The highest BCUT2D eigenvalue weighted by Gasteiger charge is 2.35. The number of cyclic esters (lactones) is 1. The van der Waals surface area contributed by atoms with Crippen LogP contribution in [0, 0.1) is 10.1 Å². The SMILES string of the molecule is COc1cc(OC2CCN(/C(N)=C/[N+](=O)[O-])CC2)ccc1C(=O)N1CCC(N2C(=O)OCc3ccccc32)CC1. The summed E-state index contributed by atoms with van der Waals surface area (Å²) in [5.41, 5.74) is 8.10. The van der Waals surface area contributed by atoms with E-state index in [0.29, 0.717) is 68.9 Å². The summed E-state index contributed by atoms with van der Waals surface area (Å²) in [5.74, 6) is 1.01. The molecule has 2 aromatic rings. The van der Waals surface area contributed by atoms with Gasteiger partial charge in [-0.15, -0.1) is 0 Å². The van der Waals surface area contributed by atoms with E-state index in [1.54, 1.807) is 32.9 Å². The van der Waals surface area contributed by atoms with Gasteiger partial charge >= 0.3 is 6.09 Å². The largest absolute Gasteiger partial charge is 0.496 e. The van der Waals surface area contributed by atoms with E-state index in [9.17, 15) is 19.7 Å². The van der Waals surface area contributed by atoms with E-state index in [1.807, 2.05) is 24.3 Å². The quantitative estimate of drug-likeness (QED) is 0.405. The number of fused-ring (bicyclic) bond motifs is 1. The van der Waals surface area contributed by atoms with Gasteiger partial charge in [0.2, 0.25) is 0 Å². The minimum absolute atomic E-state index is 0.0486. The van der Waals surface area contributed by atoms with E-state index >= 15 is 0 Å². The standard InChI is InChI=1S/C28H33N5O7/c1-38-25-16-22(40-21-10-14-30(15-11-21)26(29)17-32(36)37)6-7-23(25)27(34)31-12-8-20(9-13-31)33-24-5-3-2-4-19(24)18-39-28(33)35/h2-7,16-17,20-21H,8-15,18,29H2,1H3/b26-17+. The Kier molecular flexibility index (Phi) is 7.94. The number of hydrogen-bond acceptors (Lipinski definition) is 9. The van der Waals surface area contributed by atoms with Gasteiger partial charge in [-0.25, -0.2) is 4.79 Å². The first kappa shape index (κ1) is 27.1. The van der Waals surface area contributed by atoms with Crippen molar-refractivity contribution in [1.82, 2.24) is 9.80 Å². The molecule has 2 aromatic carbocycles. The monoisotopic (exact) mass is 551 g/mol. The Morgan fingerprint density at radius 1 is 1.07 bits per heavy atom. The predicted molar refractivity (Wildman–Crippen MR) is 146 cm³/mol. The van der Waals surface area contributed by atoms with Gasteiger partial charge in [0.1, 0.15) is 24.2 Å². The number of rotatable bonds is 7. The Hall–Kier alpha value is -4.48. The number of amides is 2. The number of piperidine rings is 2. The van der Waals surface area contributed by atoms with Gasteiger partial charge in [0, 0.05) is 56.7 Å². The highest BCUT2D eigenvalue weighted by molar-refractivity contribution is 5.97. The van der Waals surface area contributed by atoms with Crippen molar-refractivity contribution in [2.45, 2.75) is 44.4 Å². The Bertz CT molecular complexity index is 1300. The Balaban J connectivity index is 1.19. The van der Waals surface area contributed by atoms with Crippen LogP contribution in [0.4, 0.5) is 10.5 Å². The van der Waals surface area contributed by atoms with Crippen molar-refractivity contribution in [2.24, 2.45) is 5.73 Å². The van der Waals surface area contributed by atoms with Gasteiger partial charge in [0.15, 0.2) is 5.82 Å². The van der Waals surface area contributed by atoms with Gasteiger partial charge in [0.25, 0.3) is 12.1 Å². The van der Waals surface area contributed by atoms with Gasteiger partial charge in [-0.05, 0) is 31.0 Å². The van der Waals surface area contributed by atoms with E-state index < -0.39 is 4.92 Å². The number of ether oxygens (including phenoxy) is 3. The van der Waals surface area contributed by atoms with Gasteiger partial charge in [-0.3, -0.25) is 19.8 Å². The Morgan fingerprint density at radius 3 is 2.48 bits per heavy atom. The predicted octanol–water partition coefficient (Wildman–Crippen LogP) is 3.33. The van der Waals surface area contributed by atoms with Crippen LogP contribution in [0.5, 0.6) is 11.5 Å². The van der Waals surface area contributed by atoms with Crippen LogP contribution in [0.3, 0.4) is 0 Å². The van der Waals surface area contributed by atoms with Crippen molar-refractivity contribution in [1.29, 1.82) is 0 Å². The molecule has 0 aromatic heterocycles. The average molecular weight is 552 g/mol. The number of methoxy groups -OCH3 is 1. The Labute approximate surface area is 232 Å². The first-order valence-corrected chi connectivity index (χ1v) is 13.4. The summed E-state index contributed by atoms with van der Waals surface area (Å²) in [6, 6.07) is 12.9. The van der Waals surface area contributed by atoms with Crippen LogP contribution in [-0.2, 0) is 11.3 Å². The highest BCUT2D eigenvalue weighted by Crippen LogP contribution is 2.33. The zero-order valence-electron chi connectivity index (χ0n) is 22.4. The minimum Gasteiger partial charge on any atom is -0.496 e. The number of benzene rings is 2. The normalized spacial score (nSPS) is 18.7. The van der Waals surface area contributed by atoms with Crippen molar-refractivity contribution in [3.63, 3.8) is 0 Å². The lowest BCUT2D eigenvalue weighted by Crippen LogP contribution is -2.50. The maximum absolute atomic E-state index is 13.4. The second kappa shape index (κ2) is 11.7. The smallest absolute Gasteiger partial charge is 0.414 e. The lowest BCUT2D eigenvalue weighted by molar-refractivity contribution is -0.404. The van der Waals surface area contributed by atoms with Crippen molar-refractivity contribution < 1.29 is 28.7 Å². The molecule has 0 saturated carbocycles. The molecule has 0 unspecified atom stereocenters. The summed E-state index contributed by atoms with van der Waals surface area (Å²) in [7, 11) is 1.52. The molecular weight excluding hydrogens is 518 g/mol. The van der Waals surface area contributed by atoms with Gasteiger partial charge in [0.05, 0.1) is 23.3 Å². The summed E-state index contributed by atoms with van der Waals surface area (Å²) in [6.07, 6.45) is 2.96. The molecule has 0 atom stereocenters. The number of nitro groups is 1. The molecule has 0 spiro atoms. The fourth-order valence-electron chi connectivity index (χ4n) is 5.55. The number of nitrogens with zero attached hydrogens (tertiary/aromatic N) is 4. The number of carbonyl (C=O) groups is 2. The summed E-state index contributed by atoms with van der Waals surface area (Å²) in [4.78, 5) is 41.4. The molecule has 3 aliphatic heterocycles. The fourth-order valence-corrected chi connectivity index (χ4v) is 5.55. The zero-order chi connectivity index (χ0) is 28.2. The van der Waals surface area contributed by atoms with E-state index in [4.69, 9.17) is 19.9 Å². The molecule has 2 saturated heterocycles. The molecule has 0 bridgehead atoms. The summed E-state index contributed by atoms with van der Waals surface area (Å²) in [5, 5.41) is 10.7. The number of hydrogen-bond donors (Lipinski definition) is 1. The maximum atomic E-state index is 13.4. The number of likely N-dealkylation sites (tertiary alicyclic amines) is 2. The van der Waals surface area contributed by atoms with Gasteiger partial charge in [-0.2, -0.15) is 0 Å². The topological polar surface area (TPSA) is 141 Å². The summed E-state index contributed by atoms with van der Waals surface area (Å²) < 4.78 is 17.1. The molecule has 0 aliphatic carbocycles. The van der Waals surface area contributed by atoms with Gasteiger partial charge < -0.3 is 29.7 Å². The molecule has 212 valence electrons. The van der Waals surface area contributed by atoms with E-state index in [1.165, 1.54) is 7.11 Å². The molecule has 3 aliphatic rings. The maximum Gasteiger partial charge on any atom is 0.414 e. The average Bonchev–Trinajstić information content (AvgIpc) is 2.97. The Morgan fingerprint density at radius 2 is 1.77 bits per heavy atom. The molecule has 12 heteroatoms. The summed E-state index contributed by atoms with van der Waals surface area (Å²) >= 11 is 0. The van der Waals surface area contributed by atoms with Crippen LogP contribution in [0.15, 0.2) is 54.5 Å². The van der Waals surface area contributed by atoms with Crippen molar-refractivity contribution in [3.8, 4) is 11.5 Å². The number of anilines is 1. The minimum atomic E-state index is -0.557. The molecule has 5 rings (SSSR count). The van der Waals surface area contributed by atoms with Crippen LogP contribution in [0.25, 0.3) is 0 Å². The second-order valence-electron chi connectivity index (χ2n) is 10.1. The first-order chi connectivity index (χ1) is 19.3. The van der Waals surface area contributed by atoms with E-state index in [-0.39, 0.29) is 36.6 Å². The number of para-hydroxylation sites is 1. The zero-order valence-corrected chi connectivity index (χ0v) is 22.4. The number of nitrogens with two attached hydrogens (primary N) is 1. The molecule has 3 heterocycles. The van der Waals surface area contributed by atoms with Crippen LogP contribution < -0.4 is 20.1 Å². The number of carbonyl (C=O) groups excluding carboxylic acids is 2. The van der Waals surface area contributed by atoms with E-state index in [0.717, 1.165) is 17.5 Å². The molecular formula is C28H33N5O7. The van der Waals surface area contributed by atoms with Crippen molar-refractivity contribution in [3.05, 3.63) is 75.7 Å². The lowest BCUT2D eigenvalue weighted by atomic mass is 10.00. The molecule has 40 heavy (non-hydrogen) atoms. The third-order valence-corrected chi connectivity index (χ3v) is 7.67. The first-order valence-electron chi connectivity index (χ1n) is 13.4. The van der Waals surface area contributed by atoms with Crippen LogP contribution in [0.1, 0.15) is 41.6 Å². The highest BCUT2D eigenvalue weighted by atomic mass is 16.6. The third kappa shape index (κ3) is 5.75. The molecule has 2 N–H and O–H groups in total. The van der Waals surface area contributed by atoms with Crippen LogP contribution in [0.2, 0.25) is 0 Å². The molecule has 12 nitrogen and oxygen atoms in total. The fraction of sp³-hybridized carbons (Fsp3) is 0.429. The summed E-state index contributed by atoms with van der Waals surface area (Å²) in [6.45, 7) is 2.38. The lowest BCUT2D eigenvalue weighted by Gasteiger charge is -2.40. The van der Waals surface area contributed by atoms with E-state index in [2.05, 4.69) is 0 Å². The van der Waals surface area contributed by atoms with Crippen LogP contribution >= 0.6 is 0 Å². The molecule has 2 amide bonds. The molecule has 2 fully saturated rings. The van der Waals surface area contributed by atoms with Gasteiger partial charge in [-0.1, -0.05) is 18.2 Å².